The van der Waals surface area contributed by atoms with Crippen molar-refractivity contribution in [3.05, 3.63) is 17.0 Å². The normalized spacial score (nSPS) is 26.8. The van der Waals surface area contributed by atoms with E-state index in [1.807, 2.05) is 0 Å². The lowest BCUT2D eigenvalue weighted by Gasteiger charge is -2.18. The molecule has 8 heteroatoms. The minimum Gasteiger partial charge on any atom is -0.478 e. The molecule has 1 aromatic heterocycles. The van der Waals surface area contributed by atoms with Crippen molar-refractivity contribution in [2.75, 3.05) is 6.61 Å². The molecule has 2 aliphatic rings. The first-order valence-corrected chi connectivity index (χ1v) is 8.79. The molecular weight excluding hydrogens is 302 g/mol. The van der Waals surface area contributed by atoms with Gasteiger partial charge >= 0.3 is 5.97 Å². The Balaban J connectivity index is 1.75. The molecule has 1 aromatic rings. The molecule has 2 unspecified atom stereocenters. The molecule has 2 fully saturated rings. The van der Waals surface area contributed by atoms with Crippen LogP contribution >= 0.6 is 11.3 Å². The fourth-order valence-electron chi connectivity index (χ4n) is 2.45. The second-order valence-electron chi connectivity index (χ2n) is 5.15. The van der Waals surface area contributed by atoms with Crippen molar-refractivity contribution < 1.29 is 23.1 Å². The number of aromatic carboxylic acids is 1. The molecule has 1 aliphatic heterocycles. The first-order chi connectivity index (χ1) is 9.47. The maximum Gasteiger partial charge on any atom is 0.336 e. The van der Waals surface area contributed by atoms with Gasteiger partial charge in [0.05, 0.1) is 17.7 Å². The standard InChI is InChI=1S/C12H15NO5S2/c14-12(15)8-5-10(19-6-8)20(16,17)13-9-3-4-18-11(9)7-1-2-7/h5-7,9,11,13H,1-4H2,(H,14,15). The highest BCUT2D eigenvalue weighted by molar-refractivity contribution is 7.91. The van der Waals surface area contributed by atoms with Gasteiger partial charge in [-0.3, -0.25) is 0 Å². The fraction of sp³-hybridized carbons (Fsp3) is 0.583. The van der Waals surface area contributed by atoms with Gasteiger partial charge in [-0.05, 0) is 31.2 Å². The van der Waals surface area contributed by atoms with Gasteiger partial charge in [0.1, 0.15) is 4.21 Å². The van der Waals surface area contributed by atoms with Crippen molar-refractivity contribution in [1.29, 1.82) is 0 Å². The van der Waals surface area contributed by atoms with Gasteiger partial charge in [-0.15, -0.1) is 11.3 Å². The summed E-state index contributed by atoms with van der Waals surface area (Å²) in [7, 11) is -3.67. The lowest BCUT2D eigenvalue weighted by molar-refractivity contribution is 0.0697. The molecule has 110 valence electrons. The summed E-state index contributed by atoms with van der Waals surface area (Å²) in [6, 6.07) is 0.986. The van der Waals surface area contributed by atoms with Crippen LogP contribution in [0.5, 0.6) is 0 Å². The van der Waals surface area contributed by atoms with Crippen molar-refractivity contribution in [1.82, 2.24) is 4.72 Å². The number of ether oxygens (including phenoxy) is 1. The van der Waals surface area contributed by atoms with Crippen LogP contribution in [0.4, 0.5) is 0 Å². The van der Waals surface area contributed by atoms with Crippen LogP contribution in [-0.4, -0.2) is 38.2 Å². The Morgan fingerprint density at radius 2 is 2.15 bits per heavy atom. The van der Waals surface area contributed by atoms with Crippen LogP contribution < -0.4 is 4.72 Å². The molecule has 2 heterocycles. The Morgan fingerprint density at radius 1 is 1.40 bits per heavy atom. The number of thiophene rings is 1. The summed E-state index contributed by atoms with van der Waals surface area (Å²) >= 11 is 0.921. The second kappa shape index (κ2) is 5.10. The zero-order valence-electron chi connectivity index (χ0n) is 10.6. The van der Waals surface area contributed by atoms with Crippen LogP contribution in [0.3, 0.4) is 0 Å². The van der Waals surface area contributed by atoms with E-state index < -0.39 is 16.0 Å². The van der Waals surface area contributed by atoms with Crippen molar-refractivity contribution in [2.45, 2.75) is 35.6 Å². The highest BCUT2D eigenvalue weighted by atomic mass is 32.2. The molecule has 0 radical (unpaired) electrons. The van der Waals surface area contributed by atoms with Crippen LogP contribution in [0.15, 0.2) is 15.7 Å². The van der Waals surface area contributed by atoms with E-state index in [-0.39, 0.29) is 21.9 Å². The first-order valence-electron chi connectivity index (χ1n) is 6.43. The van der Waals surface area contributed by atoms with Gasteiger partial charge in [0.2, 0.25) is 10.0 Å². The summed E-state index contributed by atoms with van der Waals surface area (Å²) in [6.45, 7) is 0.569. The molecule has 1 saturated heterocycles. The van der Waals surface area contributed by atoms with E-state index in [9.17, 15) is 13.2 Å². The molecule has 2 N–H and O–H groups in total. The quantitative estimate of drug-likeness (QED) is 0.853. The Hall–Kier alpha value is -0.960. The van der Waals surface area contributed by atoms with Crippen LogP contribution in [0.1, 0.15) is 29.6 Å². The molecule has 6 nitrogen and oxygen atoms in total. The van der Waals surface area contributed by atoms with Gasteiger partial charge in [0, 0.05) is 12.0 Å². The molecule has 0 spiro atoms. The topological polar surface area (TPSA) is 92.7 Å². The molecule has 0 amide bonds. The molecule has 20 heavy (non-hydrogen) atoms. The van der Waals surface area contributed by atoms with E-state index in [0.29, 0.717) is 18.9 Å². The van der Waals surface area contributed by atoms with Crippen molar-refractivity contribution in [3.8, 4) is 0 Å². The lowest BCUT2D eigenvalue weighted by atomic mass is 10.1. The Bertz CT molecular complexity index is 620. The van der Waals surface area contributed by atoms with E-state index in [0.717, 1.165) is 24.2 Å². The maximum atomic E-state index is 12.3. The van der Waals surface area contributed by atoms with E-state index in [1.165, 1.54) is 11.4 Å². The first kappa shape index (κ1) is 14.0. The highest BCUT2D eigenvalue weighted by Gasteiger charge is 2.42. The summed E-state index contributed by atoms with van der Waals surface area (Å²) in [6.07, 6.45) is 2.80. The summed E-state index contributed by atoms with van der Waals surface area (Å²) in [5.74, 6) is -0.661. The number of hydrogen-bond donors (Lipinski definition) is 2. The Labute approximate surface area is 120 Å². The Morgan fingerprint density at radius 3 is 2.75 bits per heavy atom. The molecule has 1 aliphatic carbocycles. The van der Waals surface area contributed by atoms with Gasteiger partial charge < -0.3 is 9.84 Å². The monoisotopic (exact) mass is 317 g/mol. The number of hydrogen-bond acceptors (Lipinski definition) is 5. The van der Waals surface area contributed by atoms with Crippen molar-refractivity contribution in [3.63, 3.8) is 0 Å². The third-order valence-corrected chi connectivity index (χ3v) is 6.55. The van der Waals surface area contributed by atoms with Gasteiger partial charge in [0.15, 0.2) is 0 Å². The minimum atomic E-state index is -3.67. The Kier molecular flexibility index (Phi) is 3.57. The summed E-state index contributed by atoms with van der Waals surface area (Å²) in [5.41, 5.74) is -0.00297. The van der Waals surface area contributed by atoms with Gasteiger partial charge in [-0.25, -0.2) is 17.9 Å². The van der Waals surface area contributed by atoms with E-state index in [1.54, 1.807) is 0 Å². The molecule has 0 bridgehead atoms. The number of sulfonamides is 1. The van der Waals surface area contributed by atoms with E-state index >= 15 is 0 Å². The summed E-state index contributed by atoms with van der Waals surface area (Å²) in [5, 5.41) is 10.2. The van der Waals surface area contributed by atoms with Crippen LogP contribution in [0.25, 0.3) is 0 Å². The molecule has 0 aromatic carbocycles. The average molecular weight is 317 g/mol. The summed E-state index contributed by atoms with van der Waals surface area (Å²) < 4.78 is 32.8. The third-order valence-electron chi connectivity index (χ3n) is 3.62. The molecule has 2 atom stereocenters. The van der Waals surface area contributed by atoms with Gasteiger partial charge in [-0.1, -0.05) is 0 Å². The lowest BCUT2D eigenvalue weighted by Crippen LogP contribution is -2.41. The third kappa shape index (κ3) is 2.73. The largest absolute Gasteiger partial charge is 0.478 e. The predicted octanol–water partition coefficient (Wildman–Crippen LogP) is 1.29. The smallest absolute Gasteiger partial charge is 0.336 e. The zero-order chi connectivity index (χ0) is 14.3. The number of rotatable bonds is 5. The number of carboxylic acid groups (broad SMARTS) is 1. The SMILES string of the molecule is O=C(O)c1csc(S(=O)(=O)NC2CCOC2C2CC2)c1. The fourth-order valence-corrected chi connectivity index (χ4v) is 4.91. The van der Waals surface area contributed by atoms with Gasteiger partial charge in [-0.2, -0.15) is 0 Å². The predicted molar refractivity (Wildman–Crippen MR) is 72.5 cm³/mol. The maximum absolute atomic E-state index is 12.3. The molecule has 3 rings (SSSR count). The highest BCUT2D eigenvalue weighted by Crippen LogP contribution is 2.39. The minimum absolute atomic E-state index is 0.00297. The summed E-state index contributed by atoms with van der Waals surface area (Å²) in [4.78, 5) is 10.8. The second-order valence-corrected chi connectivity index (χ2v) is 8.00. The molecule has 1 saturated carbocycles. The zero-order valence-corrected chi connectivity index (χ0v) is 12.2. The van der Waals surface area contributed by atoms with Crippen molar-refractivity contribution >= 4 is 27.3 Å². The van der Waals surface area contributed by atoms with E-state index in [2.05, 4.69) is 4.72 Å². The van der Waals surface area contributed by atoms with Crippen LogP contribution in [-0.2, 0) is 14.8 Å². The average Bonchev–Trinajstić information content (AvgIpc) is 2.92. The van der Waals surface area contributed by atoms with Crippen molar-refractivity contribution in [2.24, 2.45) is 5.92 Å². The van der Waals surface area contributed by atoms with Crippen LogP contribution in [0, 0.1) is 5.92 Å². The number of carboxylic acids is 1. The number of carbonyl (C=O) groups is 1. The van der Waals surface area contributed by atoms with E-state index in [4.69, 9.17) is 9.84 Å². The van der Waals surface area contributed by atoms with Gasteiger partial charge in [0.25, 0.3) is 0 Å². The molecular formula is C12H15NO5S2. The number of nitrogens with one attached hydrogen (secondary N) is 1. The van der Waals surface area contributed by atoms with Crippen LogP contribution in [0.2, 0.25) is 0 Å².